The Hall–Kier alpha value is -2.90. The predicted octanol–water partition coefficient (Wildman–Crippen LogP) is 7.06. The SMILES string of the molecule is CC/C=C/N=C(NC(=O)C1CCC1)/C(=C(\C)C(=N)c1ccccc1NC(CC)CCF)C(C)C(F)F. The summed E-state index contributed by atoms with van der Waals surface area (Å²) in [5.74, 6) is -1.60. The molecule has 8 heteroatoms. The standard InChI is InChI=1S/C28H39F3N4O/c1-5-7-17-33-27(35-28(36)20-11-10-12-20)24(19(4)26(30)31)18(3)25(32)22-13-8-9-14-23(22)34-21(6-2)15-16-29/h7-9,13-14,17,19-21,26,32,34H,5-6,10-12,15-16H2,1-4H3,(H,33,35,36)/b17-7+,24-18+,32-25?. The summed E-state index contributed by atoms with van der Waals surface area (Å²) in [6, 6.07) is 7.00. The van der Waals surface area contributed by atoms with E-state index in [4.69, 9.17) is 5.41 Å². The third-order valence-corrected chi connectivity index (χ3v) is 6.64. The van der Waals surface area contributed by atoms with Crippen molar-refractivity contribution in [2.45, 2.75) is 78.7 Å². The third kappa shape index (κ3) is 7.80. The topological polar surface area (TPSA) is 77.3 Å². The van der Waals surface area contributed by atoms with Gasteiger partial charge in [-0.15, -0.1) is 0 Å². The van der Waals surface area contributed by atoms with Crippen molar-refractivity contribution in [2.24, 2.45) is 16.8 Å². The highest BCUT2D eigenvalue weighted by Gasteiger charge is 2.31. The highest BCUT2D eigenvalue weighted by atomic mass is 19.3. The fourth-order valence-corrected chi connectivity index (χ4v) is 4.05. The Morgan fingerprint density at radius 1 is 1.25 bits per heavy atom. The van der Waals surface area contributed by atoms with Gasteiger partial charge in [-0.3, -0.25) is 14.6 Å². The molecule has 198 valence electrons. The molecule has 1 aliphatic carbocycles. The summed E-state index contributed by atoms with van der Waals surface area (Å²) in [5, 5.41) is 15.0. The lowest BCUT2D eigenvalue weighted by atomic mass is 9.84. The van der Waals surface area contributed by atoms with Crippen LogP contribution < -0.4 is 10.6 Å². The lowest BCUT2D eigenvalue weighted by molar-refractivity contribution is -0.125. The number of carbonyl (C=O) groups excluding carboxylic acids is 1. The molecule has 1 aromatic carbocycles. The Morgan fingerprint density at radius 3 is 2.50 bits per heavy atom. The van der Waals surface area contributed by atoms with Crippen LogP contribution in [0.1, 0.15) is 71.8 Å². The zero-order valence-corrected chi connectivity index (χ0v) is 21.7. The summed E-state index contributed by atoms with van der Waals surface area (Å²) in [5.41, 5.74) is 1.62. The average molecular weight is 505 g/mol. The number of nitrogens with one attached hydrogen (secondary N) is 3. The number of rotatable bonds is 13. The number of carbonyl (C=O) groups is 1. The number of aliphatic imine (C=N–C) groups is 1. The number of hydrogen-bond donors (Lipinski definition) is 3. The Bertz CT molecular complexity index is 983. The second-order valence-electron chi connectivity index (χ2n) is 9.20. The highest BCUT2D eigenvalue weighted by Crippen LogP contribution is 2.30. The number of para-hydroxylation sites is 1. The fraction of sp³-hybridized carbons (Fsp3) is 0.536. The molecule has 0 bridgehead atoms. The van der Waals surface area contributed by atoms with Gasteiger partial charge in [-0.25, -0.2) is 13.8 Å². The second-order valence-corrected chi connectivity index (χ2v) is 9.20. The second kappa shape index (κ2) is 14.6. The van der Waals surface area contributed by atoms with Gasteiger partial charge in [-0.05, 0) is 50.7 Å². The van der Waals surface area contributed by atoms with Gasteiger partial charge >= 0.3 is 0 Å². The third-order valence-electron chi connectivity index (χ3n) is 6.64. The summed E-state index contributed by atoms with van der Waals surface area (Å²) in [6.07, 6.45) is 4.77. The summed E-state index contributed by atoms with van der Waals surface area (Å²) >= 11 is 0. The maximum atomic E-state index is 14.1. The molecule has 1 fully saturated rings. The molecule has 5 nitrogen and oxygen atoms in total. The Balaban J connectivity index is 2.57. The van der Waals surface area contributed by atoms with Crippen LogP contribution in [0.3, 0.4) is 0 Å². The molecule has 1 saturated carbocycles. The largest absolute Gasteiger partial charge is 0.382 e. The van der Waals surface area contributed by atoms with E-state index in [1.807, 2.05) is 19.9 Å². The summed E-state index contributed by atoms with van der Waals surface area (Å²) in [7, 11) is 0. The van der Waals surface area contributed by atoms with Crippen LogP contribution in [0.15, 0.2) is 52.7 Å². The number of nitrogens with zero attached hydrogens (tertiary/aromatic N) is 1. The molecule has 1 aliphatic rings. The lowest BCUT2D eigenvalue weighted by Gasteiger charge is -2.27. The van der Waals surface area contributed by atoms with Gasteiger partial charge in [0.2, 0.25) is 12.3 Å². The number of halogens is 3. The number of benzene rings is 1. The summed E-state index contributed by atoms with van der Waals surface area (Å²) in [6.45, 7) is 6.40. The van der Waals surface area contributed by atoms with Gasteiger partial charge in [0, 0.05) is 40.9 Å². The quantitative estimate of drug-likeness (QED) is 0.199. The van der Waals surface area contributed by atoms with Crippen molar-refractivity contribution in [3.05, 3.63) is 53.3 Å². The smallest absolute Gasteiger partial charge is 0.245 e. The molecule has 3 N–H and O–H groups in total. The molecular weight excluding hydrogens is 465 g/mol. The molecule has 0 heterocycles. The van der Waals surface area contributed by atoms with Crippen molar-refractivity contribution in [1.82, 2.24) is 5.32 Å². The van der Waals surface area contributed by atoms with Gasteiger partial charge in [-0.1, -0.05) is 51.5 Å². The Labute approximate surface area is 212 Å². The van der Waals surface area contributed by atoms with Crippen molar-refractivity contribution in [2.75, 3.05) is 12.0 Å². The number of alkyl halides is 3. The maximum Gasteiger partial charge on any atom is 0.245 e. The number of anilines is 1. The van der Waals surface area contributed by atoms with E-state index in [9.17, 15) is 18.0 Å². The summed E-state index contributed by atoms with van der Waals surface area (Å²) < 4.78 is 41.1. The van der Waals surface area contributed by atoms with Gasteiger partial charge < -0.3 is 10.6 Å². The molecule has 0 spiro atoms. The minimum Gasteiger partial charge on any atom is -0.382 e. The first kappa shape index (κ1) is 29.3. The van der Waals surface area contributed by atoms with Crippen LogP contribution in [0.4, 0.5) is 18.9 Å². The molecule has 1 aromatic rings. The van der Waals surface area contributed by atoms with E-state index >= 15 is 0 Å². The average Bonchev–Trinajstić information content (AvgIpc) is 2.82. The minimum atomic E-state index is -2.72. The van der Waals surface area contributed by atoms with Gasteiger partial charge in [-0.2, -0.15) is 0 Å². The van der Waals surface area contributed by atoms with Crippen LogP contribution >= 0.6 is 0 Å². The van der Waals surface area contributed by atoms with E-state index in [1.165, 1.54) is 13.1 Å². The fourth-order valence-electron chi connectivity index (χ4n) is 4.05. The molecule has 0 aliphatic heterocycles. The van der Waals surface area contributed by atoms with Crippen molar-refractivity contribution in [1.29, 1.82) is 5.41 Å². The van der Waals surface area contributed by atoms with Gasteiger partial charge in [0.05, 0.1) is 12.4 Å². The molecule has 36 heavy (non-hydrogen) atoms. The zero-order valence-electron chi connectivity index (χ0n) is 21.7. The predicted molar refractivity (Wildman–Crippen MR) is 142 cm³/mol. The Morgan fingerprint density at radius 2 is 1.94 bits per heavy atom. The van der Waals surface area contributed by atoms with E-state index in [2.05, 4.69) is 15.6 Å². The van der Waals surface area contributed by atoms with Crippen LogP contribution in [0, 0.1) is 17.2 Å². The summed E-state index contributed by atoms with van der Waals surface area (Å²) in [4.78, 5) is 17.1. The van der Waals surface area contributed by atoms with Crippen molar-refractivity contribution in [3.63, 3.8) is 0 Å². The maximum absolute atomic E-state index is 14.1. The van der Waals surface area contributed by atoms with E-state index in [0.717, 1.165) is 19.3 Å². The number of allylic oxidation sites excluding steroid dienone is 2. The van der Waals surface area contributed by atoms with Gasteiger partial charge in [0.25, 0.3) is 0 Å². The van der Waals surface area contributed by atoms with Crippen LogP contribution in [0.25, 0.3) is 0 Å². The van der Waals surface area contributed by atoms with Crippen molar-refractivity contribution in [3.8, 4) is 0 Å². The normalized spacial score (nSPS) is 16.9. The number of amidine groups is 1. The van der Waals surface area contributed by atoms with Crippen molar-refractivity contribution < 1.29 is 18.0 Å². The molecule has 2 atom stereocenters. The number of hydrogen-bond acceptors (Lipinski definition) is 4. The zero-order chi connectivity index (χ0) is 26.7. The van der Waals surface area contributed by atoms with Crippen molar-refractivity contribution >= 4 is 23.1 Å². The van der Waals surface area contributed by atoms with E-state index in [0.29, 0.717) is 36.1 Å². The monoisotopic (exact) mass is 504 g/mol. The van der Waals surface area contributed by atoms with Crippen LogP contribution in [-0.2, 0) is 4.79 Å². The molecule has 0 radical (unpaired) electrons. The first-order valence-electron chi connectivity index (χ1n) is 12.8. The molecule has 0 aromatic heterocycles. The first-order valence-corrected chi connectivity index (χ1v) is 12.8. The van der Waals surface area contributed by atoms with E-state index < -0.39 is 19.0 Å². The first-order chi connectivity index (χ1) is 17.2. The van der Waals surface area contributed by atoms with Gasteiger partial charge in [0.1, 0.15) is 5.84 Å². The van der Waals surface area contributed by atoms with E-state index in [-0.39, 0.29) is 35.0 Å². The molecule has 2 unspecified atom stereocenters. The Kier molecular flexibility index (Phi) is 11.9. The van der Waals surface area contributed by atoms with Crippen LogP contribution in [0.2, 0.25) is 0 Å². The molecule has 0 saturated heterocycles. The van der Waals surface area contributed by atoms with Crippen LogP contribution in [0.5, 0.6) is 0 Å². The van der Waals surface area contributed by atoms with Crippen LogP contribution in [-0.4, -0.2) is 36.6 Å². The molecule has 1 amide bonds. The number of amides is 1. The molecular formula is C28H39F3N4O. The van der Waals surface area contributed by atoms with E-state index in [1.54, 1.807) is 31.2 Å². The van der Waals surface area contributed by atoms with Gasteiger partial charge in [0.15, 0.2) is 0 Å². The minimum absolute atomic E-state index is 0.0424. The lowest BCUT2D eigenvalue weighted by Crippen LogP contribution is -2.41. The highest BCUT2D eigenvalue weighted by molar-refractivity contribution is 6.19. The molecule has 2 rings (SSSR count).